The molecule has 28 heavy (non-hydrogen) atoms. The first-order chi connectivity index (χ1) is 13.7. The van der Waals surface area contributed by atoms with Crippen molar-refractivity contribution < 1.29 is 14.3 Å². The van der Waals surface area contributed by atoms with Gasteiger partial charge in [0.1, 0.15) is 5.75 Å². The lowest BCUT2D eigenvalue weighted by Gasteiger charge is -2.41. The SMILES string of the molecule is CCOCCC1CC2CCC(C1)N2C[C@@H](C)CN1C(=O)COc2ccccc21. The fourth-order valence-corrected chi connectivity index (χ4v) is 5.40. The predicted molar refractivity (Wildman–Crippen MR) is 111 cm³/mol. The van der Waals surface area contributed by atoms with Gasteiger partial charge in [-0.15, -0.1) is 0 Å². The Kier molecular flexibility index (Phi) is 6.22. The monoisotopic (exact) mass is 386 g/mol. The molecular formula is C23H34N2O3. The van der Waals surface area contributed by atoms with Gasteiger partial charge in [0.05, 0.1) is 5.69 Å². The van der Waals surface area contributed by atoms with E-state index in [2.05, 4.69) is 18.7 Å². The lowest BCUT2D eigenvalue weighted by atomic mass is 9.88. The van der Waals surface area contributed by atoms with Crippen LogP contribution in [0.15, 0.2) is 24.3 Å². The van der Waals surface area contributed by atoms with Crippen LogP contribution in [0.1, 0.15) is 46.0 Å². The number of para-hydroxylation sites is 2. The molecule has 3 heterocycles. The molecule has 1 aromatic carbocycles. The highest BCUT2D eigenvalue weighted by Crippen LogP contribution is 2.40. The summed E-state index contributed by atoms with van der Waals surface area (Å²) in [4.78, 5) is 17.1. The quantitative estimate of drug-likeness (QED) is 0.639. The summed E-state index contributed by atoms with van der Waals surface area (Å²) in [6.45, 7) is 8.10. The van der Waals surface area contributed by atoms with Gasteiger partial charge in [0.2, 0.25) is 0 Å². The zero-order chi connectivity index (χ0) is 19.5. The topological polar surface area (TPSA) is 42.0 Å². The van der Waals surface area contributed by atoms with Crippen molar-refractivity contribution in [2.75, 3.05) is 37.8 Å². The van der Waals surface area contributed by atoms with E-state index >= 15 is 0 Å². The van der Waals surface area contributed by atoms with Crippen molar-refractivity contribution in [3.63, 3.8) is 0 Å². The van der Waals surface area contributed by atoms with Gasteiger partial charge in [0.15, 0.2) is 6.61 Å². The average molecular weight is 387 g/mol. The number of amides is 1. The highest BCUT2D eigenvalue weighted by Gasteiger charge is 2.41. The molecule has 1 amide bonds. The number of piperidine rings is 1. The lowest BCUT2D eigenvalue weighted by molar-refractivity contribution is -0.121. The molecule has 0 radical (unpaired) electrons. The second-order valence-electron chi connectivity index (χ2n) is 8.77. The summed E-state index contributed by atoms with van der Waals surface area (Å²) >= 11 is 0. The van der Waals surface area contributed by atoms with E-state index in [0.717, 1.165) is 55.7 Å². The fraction of sp³-hybridized carbons (Fsp3) is 0.696. The first-order valence-corrected chi connectivity index (χ1v) is 11.0. The highest BCUT2D eigenvalue weighted by molar-refractivity contribution is 5.97. The number of hydrogen-bond acceptors (Lipinski definition) is 4. The molecule has 2 saturated heterocycles. The van der Waals surface area contributed by atoms with Crippen LogP contribution in [0.25, 0.3) is 0 Å². The van der Waals surface area contributed by atoms with E-state index in [1.54, 1.807) is 0 Å². The van der Waals surface area contributed by atoms with Crippen molar-refractivity contribution in [2.45, 2.75) is 58.0 Å². The van der Waals surface area contributed by atoms with Crippen LogP contribution >= 0.6 is 0 Å². The van der Waals surface area contributed by atoms with Gasteiger partial charge in [-0.1, -0.05) is 19.1 Å². The molecule has 3 atom stereocenters. The van der Waals surface area contributed by atoms with Gasteiger partial charge in [-0.25, -0.2) is 0 Å². The zero-order valence-corrected chi connectivity index (χ0v) is 17.3. The van der Waals surface area contributed by atoms with E-state index in [1.165, 1.54) is 32.1 Å². The second kappa shape index (κ2) is 8.83. The third-order valence-electron chi connectivity index (χ3n) is 6.68. The number of ether oxygens (including phenoxy) is 2. The molecule has 154 valence electrons. The van der Waals surface area contributed by atoms with Crippen molar-refractivity contribution in [3.05, 3.63) is 24.3 Å². The van der Waals surface area contributed by atoms with Crippen LogP contribution in [0.5, 0.6) is 5.75 Å². The van der Waals surface area contributed by atoms with Crippen LogP contribution in [0, 0.1) is 11.8 Å². The molecule has 5 nitrogen and oxygen atoms in total. The summed E-state index contributed by atoms with van der Waals surface area (Å²) in [6.07, 6.45) is 6.51. The molecule has 0 saturated carbocycles. The Hall–Kier alpha value is -1.59. The van der Waals surface area contributed by atoms with Crippen LogP contribution < -0.4 is 9.64 Å². The summed E-state index contributed by atoms with van der Waals surface area (Å²) in [5.74, 6) is 2.16. The maximum absolute atomic E-state index is 12.5. The Morgan fingerprint density at radius 3 is 2.68 bits per heavy atom. The number of anilines is 1. The molecule has 2 unspecified atom stereocenters. The molecule has 3 aliphatic rings. The van der Waals surface area contributed by atoms with Gasteiger partial charge in [-0.2, -0.15) is 0 Å². The summed E-state index contributed by atoms with van der Waals surface area (Å²) < 4.78 is 11.2. The third-order valence-corrected chi connectivity index (χ3v) is 6.68. The first kappa shape index (κ1) is 19.7. The zero-order valence-electron chi connectivity index (χ0n) is 17.3. The van der Waals surface area contributed by atoms with E-state index in [0.29, 0.717) is 5.92 Å². The molecule has 0 aliphatic carbocycles. The lowest BCUT2D eigenvalue weighted by Crippen LogP contribution is -2.48. The summed E-state index contributed by atoms with van der Waals surface area (Å²) in [5.41, 5.74) is 0.920. The number of carbonyl (C=O) groups excluding carboxylic acids is 1. The van der Waals surface area contributed by atoms with Crippen molar-refractivity contribution in [1.82, 2.24) is 4.90 Å². The standard InChI is InChI=1S/C23H34N2O3/c1-3-27-11-10-18-12-19-8-9-20(13-18)24(19)14-17(2)15-25-21-6-4-5-7-22(21)28-16-23(25)26/h4-7,17-20H,3,8-16H2,1-2H3/t17-,18?,19?,20?/m1/s1. The Morgan fingerprint density at radius 2 is 1.93 bits per heavy atom. The molecule has 5 heteroatoms. The van der Waals surface area contributed by atoms with E-state index in [9.17, 15) is 4.79 Å². The number of carbonyl (C=O) groups is 1. The largest absolute Gasteiger partial charge is 0.482 e. The van der Waals surface area contributed by atoms with Gasteiger partial charge < -0.3 is 14.4 Å². The van der Waals surface area contributed by atoms with E-state index < -0.39 is 0 Å². The van der Waals surface area contributed by atoms with Crippen LogP contribution in [-0.4, -0.2) is 55.8 Å². The summed E-state index contributed by atoms with van der Waals surface area (Å²) in [5, 5.41) is 0. The number of fused-ring (bicyclic) bond motifs is 3. The summed E-state index contributed by atoms with van der Waals surface area (Å²) in [7, 11) is 0. The van der Waals surface area contributed by atoms with Crippen LogP contribution in [-0.2, 0) is 9.53 Å². The first-order valence-electron chi connectivity index (χ1n) is 11.0. The average Bonchev–Trinajstić information content (AvgIpc) is 2.92. The minimum Gasteiger partial charge on any atom is -0.482 e. The summed E-state index contributed by atoms with van der Waals surface area (Å²) in [6, 6.07) is 9.33. The highest BCUT2D eigenvalue weighted by atomic mass is 16.5. The van der Waals surface area contributed by atoms with Gasteiger partial charge in [-0.05, 0) is 63.0 Å². The number of hydrogen-bond donors (Lipinski definition) is 0. The van der Waals surface area contributed by atoms with Gasteiger partial charge in [0.25, 0.3) is 5.91 Å². The second-order valence-corrected chi connectivity index (χ2v) is 8.77. The Morgan fingerprint density at radius 1 is 1.18 bits per heavy atom. The molecular weight excluding hydrogens is 352 g/mol. The van der Waals surface area contributed by atoms with E-state index in [4.69, 9.17) is 9.47 Å². The molecule has 2 fully saturated rings. The Labute approximate surface area is 169 Å². The van der Waals surface area contributed by atoms with Crippen molar-refractivity contribution in [2.24, 2.45) is 11.8 Å². The van der Waals surface area contributed by atoms with Crippen LogP contribution in [0.2, 0.25) is 0 Å². The van der Waals surface area contributed by atoms with Gasteiger partial charge in [-0.3, -0.25) is 9.69 Å². The number of benzene rings is 1. The number of rotatable bonds is 8. The molecule has 1 aromatic rings. The molecule has 0 spiro atoms. The van der Waals surface area contributed by atoms with Crippen molar-refractivity contribution in [1.29, 1.82) is 0 Å². The van der Waals surface area contributed by atoms with Crippen LogP contribution in [0.3, 0.4) is 0 Å². The molecule has 0 N–H and O–H groups in total. The smallest absolute Gasteiger partial charge is 0.265 e. The van der Waals surface area contributed by atoms with Crippen LogP contribution in [0.4, 0.5) is 5.69 Å². The predicted octanol–water partition coefficient (Wildman–Crippen LogP) is 3.72. The third kappa shape index (κ3) is 4.20. The van der Waals surface area contributed by atoms with Crippen molar-refractivity contribution in [3.8, 4) is 5.75 Å². The maximum atomic E-state index is 12.5. The van der Waals surface area contributed by atoms with Gasteiger partial charge >= 0.3 is 0 Å². The minimum atomic E-state index is 0.0724. The Bertz CT molecular complexity index is 666. The molecule has 4 rings (SSSR count). The number of nitrogens with zero attached hydrogens (tertiary/aromatic N) is 2. The minimum absolute atomic E-state index is 0.0724. The molecule has 0 aromatic heterocycles. The molecule has 3 aliphatic heterocycles. The maximum Gasteiger partial charge on any atom is 0.265 e. The molecule has 2 bridgehead atoms. The van der Waals surface area contributed by atoms with Crippen molar-refractivity contribution >= 4 is 11.6 Å². The Balaban J connectivity index is 1.34. The van der Waals surface area contributed by atoms with E-state index in [1.807, 2.05) is 29.2 Å². The van der Waals surface area contributed by atoms with E-state index in [-0.39, 0.29) is 12.5 Å². The normalized spacial score (nSPS) is 28.1. The fourth-order valence-electron chi connectivity index (χ4n) is 5.40. The van der Waals surface area contributed by atoms with Gasteiger partial charge in [0, 0.05) is 38.4 Å².